The molecule has 82 valence electrons. The van der Waals surface area contributed by atoms with Gasteiger partial charge in [-0.1, -0.05) is 0 Å². The third kappa shape index (κ3) is 2.47. The fourth-order valence-electron chi connectivity index (χ4n) is 1.50. The Morgan fingerprint density at radius 1 is 1.33 bits per heavy atom. The molecule has 0 bridgehead atoms. The fraction of sp³-hybridized carbons (Fsp3) is 0.500. The van der Waals surface area contributed by atoms with E-state index in [1.54, 1.807) is 0 Å². The van der Waals surface area contributed by atoms with Crippen LogP contribution in [0.15, 0.2) is 18.3 Å². The molecule has 1 saturated heterocycles. The van der Waals surface area contributed by atoms with Crippen LogP contribution < -0.4 is 5.32 Å². The minimum atomic E-state index is -4.29. The number of aromatic nitrogens is 1. The number of alkyl halides is 3. The number of nitrogens with one attached hydrogen (secondary N) is 1. The molecule has 0 atom stereocenters. The van der Waals surface area contributed by atoms with Crippen molar-refractivity contribution >= 4 is 0 Å². The number of halogens is 3. The van der Waals surface area contributed by atoms with Crippen molar-refractivity contribution in [3.8, 4) is 0 Å². The first-order valence-corrected chi connectivity index (χ1v) is 4.78. The molecule has 1 aliphatic rings. The summed E-state index contributed by atoms with van der Waals surface area (Å²) in [6.45, 7) is 1.87. The zero-order valence-electron chi connectivity index (χ0n) is 8.01. The number of pyridine rings is 1. The van der Waals surface area contributed by atoms with Crippen LogP contribution in [0.4, 0.5) is 13.2 Å². The van der Waals surface area contributed by atoms with Gasteiger partial charge in [0, 0.05) is 11.9 Å². The molecule has 2 nitrogen and oxygen atoms in total. The van der Waals surface area contributed by atoms with Crippen LogP contribution in [0.1, 0.15) is 11.3 Å². The van der Waals surface area contributed by atoms with Gasteiger partial charge < -0.3 is 5.32 Å². The van der Waals surface area contributed by atoms with E-state index in [1.807, 2.05) is 0 Å². The molecule has 2 rings (SSSR count). The lowest BCUT2D eigenvalue weighted by atomic mass is 9.97. The van der Waals surface area contributed by atoms with Crippen molar-refractivity contribution in [2.24, 2.45) is 5.92 Å². The summed E-state index contributed by atoms with van der Waals surface area (Å²) in [5, 5.41) is 3.11. The van der Waals surface area contributed by atoms with E-state index in [2.05, 4.69) is 10.3 Å². The van der Waals surface area contributed by atoms with Crippen molar-refractivity contribution in [3.63, 3.8) is 0 Å². The Balaban J connectivity index is 2.03. The number of rotatable bonds is 2. The maximum Gasteiger partial charge on any atom is 0.417 e. The zero-order valence-corrected chi connectivity index (χ0v) is 8.01. The van der Waals surface area contributed by atoms with Gasteiger partial charge in [0.1, 0.15) is 0 Å². The molecular formula is C10H11F3N2. The summed E-state index contributed by atoms with van der Waals surface area (Å²) in [4.78, 5) is 3.82. The number of hydrogen-bond acceptors (Lipinski definition) is 2. The third-order valence-electron chi connectivity index (χ3n) is 2.52. The quantitative estimate of drug-likeness (QED) is 0.816. The Labute approximate surface area is 85.5 Å². The van der Waals surface area contributed by atoms with Crippen LogP contribution in [-0.4, -0.2) is 18.1 Å². The van der Waals surface area contributed by atoms with Crippen LogP contribution in [0.25, 0.3) is 0 Å². The topological polar surface area (TPSA) is 24.9 Å². The van der Waals surface area contributed by atoms with Crippen LogP contribution >= 0.6 is 0 Å². The molecule has 2 heterocycles. The van der Waals surface area contributed by atoms with Crippen LogP contribution in [0.5, 0.6) is 0 Å². The van der Waals surface area contributed by atoms with E-state index in [4.69, 9.17) is 0 Å². The standard InChI is InChI=1S/C10H11F3N2/c11-10(12,13)8-1-2-9(15-6-8)3-7-4-14-5-7/h1-2,6-7,14H,3-5H2. The van der Waals surface area contributed by atoms with Crippen molar-refractivity contribution < 1.29 is 13.2 Å². The normalized spacial score (nSPS) is 17.5. The lowest BCUT2D eigenvalue weighted by molar-refractivity contribution is -0.137. The molecule has 0 saturated carbocycles. The van der Waals surface area contributed by atoms with Crippen LogP contribution in [0.3, 0.4) is 0 Å². The van der Waals surface area contributed by atoms with Gasteiger partial charge in [0.25, 0.3) is 0 Å². The highest BCUT2D eigenvalue weighted by Crippen LogP contribution is 2.28. The summed E-state index contributed by atoms with van der Waals surface area (Å²) in [5.74, 6) is 0.522. The smallest absolute Gasteiger partial charge is 0.316 e. The highest BCUT2D eigenvalue weighted by atomic mass is 19.4. The Morgan fingerprint density at radius 3 is 2.47 bits per heavy atom. The molecule has 0 aliphatic carbocycles. The minimum Gasteiger partial charge on any atom is -0.316 e. The summed E-state index contributed by atoms with van der Waals surface area (Å²) < 4.78 is 36.6. The van der Waals surface area contributed by atoms with Gasteiger partial charge >= 0.3 is 6.18 Å². The van der Waals surface area contributed by atoms with Gasteiger partial charge in [0.15, 0.2) is 0 Å². The zero-order chi connectivity index (χ0) is 10.9. The molecule has 15 heavy (non-hydrogen) atoms. The van der Waals surface area contributed by atoms with E-state index in [-0.39, 0.29) is 0 Å². The fourth-order valence-corrected chi connectivity index (χ4v) is 1.50. The number of hydrogen-bond donors (Lipinski definition) is 1. The molecule has 0 unspecified atom stereocenters. The maximum atomic E-state index is 12.2. The lowest BCUT2D eigenvalue weighted by Gasteiger charge is -2.26. The number of nitrogens with zero attached hydrogens (tertiary/aromatic N) is 1. The van der Waals surface area contributed by atoms with Crippen molar-refractivity contribution in [2.45, 2.75) is 12.6 Å². The van der Waals surface area contributed by atoms with Gasteiger partial charge in [0.05, 0.1) is 5.56 Å². The SMILES string of the molecule is FC(F)(F)c1ccc(CC2CNC2)nc1. The first-order chi connectivity index (χ1) is 7.05. The van der Waals surface area contributed by atoms with Gasteiger partial charge in [-0.3, -0.25) is 4.98 Å². The molecule has 0 spiro atoms. The summed E-state index contributed by atoms with van der Waals surface area (Å²) in [6, 6.07) is 2.55. The van der Waals surface area contributed by atoms with Gasteiger partial charge in [-0.15, -0.1) is 0 Å². The molecule has 1 N–H and O–H groups in total. The summed E-state index contributed by atoms with van der Waals surface area (Å²) in [7, 11) is 0. The van der Waals surface area contributed by atoms with E-state index in [1.165, 1.54) is 6.07 Å². The van der Waals surface area contributed by atoms with E-state index >= 15 is 0 Å². The molecule has 1 aliphatic heterocycles. The predicted molar refractivity (Wildman–Crippen MR) is 49.3 cm³/mol. The summed E-state index contributed by atoms with van der Waals surface area (Å²) in [6.07, 6.45) is -2.63. The van der Waals surface area contributed by atoms with Gasteiger partial charge in [-0.05, 0) is 37.6 Å². The monoisotopic (exact) mass is 216 g/mol. The molecule has 0 amide bonds. The molecular weight excluding hydrogens is 205 g/mol. The van der Waals surface area contributed by atoms with Crippen molar-refractivity contribution in [3.05, 3.63) is 29.6 Å². The van der Waals surface area contributed by atoms with Crippen molar-refractivity contribution in [2.75, 3.05) is 13.1 Å². The van der Waals surface area contributed by atoms with E-state index in [9.17, 15) is 13.2 Å². The highest BCUT2D eigenvalue weighted by molar-refractivity contribution is 5.17. The van der Waals surface area contributed by atoms with E-state index < -0.39 is 11.7 Å². The molecule has 1 fully saturated rings. The highest BCUT2D eigenvalue weighted by Gasteiger charge is 2.30. The van der Waals surface area contributed by atoms with Gasteiger partial charge in [0.2, 0.25) is 0 Å². The van der Waals surface area contributed by atoms with E-state index in [0.29, 0.717) is 5.92 Å². The van der Waals surface area contributed by atoms with Crippen molar-refractivity contribution in [1.29, 1.82) is 0 Å². The Kier molecular flexibility index (Phi) is 2.65. The average Bonchev–Trinajstić information content (AvgIpc) is 2.11. The third-order valence-corrected chi connectivity index (χ3v) is 2.52. The molecule has 0 aromatic carbocycles. The summed E-state index contributed by atoms with van der Waals surface area (Å²) in [5.41, 5.74) is 0.0486. The Hall–Kier alpha value is -1.10. The summed E-state index contributed by atoms with van der Waals surface area (Å²) >= 11 is 0. The lowest BCUT2D eigenvalue weighted by Crippen LogP contribution is -2.43. The molecule has 1 aromatic heterocycles. The van der Waals surface area contributed by atoms with Crippen molar-refractivity contribution in [1.82, 2.24) is 10.3 Å². The second kappa shape index (κ2) is 3.81. The predicted octanol–water partition coefficient (Wildman–Crippen LogP) is 1.86. The van der Waals surface area contributed by atoms with Gasteiger partial charge in [-0.25, -0.2) is 0 Å². The first-order valence-electron chi connectivity index (χ1n) is 4.78. The van der Waals surface area contributed by atoms with E-state index in [0.717, 1.165) is 37.5 Å². The Morgan fingerprint density at radius 2 is 2.07 bits per heavy atom. The average molecular weight is 216 g/mol. The maximum absolute atomic E-state index is 12.2. The molecule has 1 aromatic rings. The Bertz CT molecular complexity index is 328. The van der Waals surface area contributed by atoms with Gasteiger partial charge in [-0.2, -0.15) is 13.2 Å². The van der Waals surface area contributed by atoms with Crippen LogP contribution in [0, 0.1) is 5.92 Å². The van der Waals surface area contributed by atoms with Crippen LogP contribution in [-0.2, 0) is 12.6 Å². The molecule has 5 heteroatoms. The second-order valence-corrected chi connectivity index (χ2v) is 3.76. The molecule has 0 radical (unpaired) electrons. The second-order valence-electron chi connectivity index (χ2n) is 3.76. The minimum absolute atomic E-state index is 0.522. The first kappa shape index (κ1) is 10.4. The largest absolute Gasteiger partial charge is 0.417 e. The van der Waals surface area contributed by atoms with Crippen LogP contribution in [0.2, 0.25) is 0 Å².